The predicted molar refractivity (Wildman–Crippen MR) is 73.1 cm³/mol. The standard InChI is InChI=1S/C14H8Cl2FNO/c15-10-6-9(17)7-11-13(10)19-14(18-11)12(16)8-4-2-1-3-5-8/h1-7,12H. The van der Waals surface area contributed by atoms with Gasteiger partial charge in [-0.25, -0.2) is 9.37 Å². The molecule has 0 bridgehead atoms. The number of benzene rings is 2. The van der Waals surface area contributed by atoms with Gasteiger partial charge in [-0.2, -0.15) is 0 Å². The number of nitrogens with zero attached hydrogens (tertiary/aromatic N) is 1. The molecule has 2 nitrogen and oxygen atoms in total. The first-order valence-electron chi connectivity index (χ1n) is 5.59. The van der Waals surface area contributed by atoms with Crippen LogP contribution in [0.5, 0.6) is 0 Å². The van der Waals surface area contributed by atoms with E-state index in [1.165, 1.54) is 12.1 Å². The molecule has 0 N–H and O–H groups in total. The van der Waals surface area contributed by atoms with Gasteiger partial charge in [0.05, 0.1) is 5.02 Å². The highest BCUT2D eigenvalue weighted by Crippen LogP contribution is 2.33. The second kappa shape index (κ2) is 4.83. The van der Waals surface area contributed by atoms with Gasteiger partial charge in [-0.15, -0.1) is 11.6 Å². The number of rotatable bonds is 2. The van der Waals surface area contributed by atoms with Gasteiger partial charge in [0, 0.05) is 6.07 Å². The maximum absolute atomic E-state index is 13.2. The lowest BCUT2D eigenvalue weighted by Crippen LogP contribution is -1.92. The fraction of sp³-hybridized carbons (Fsp3) is 0.0714. The Balaban J connectivity index is 2.09. The molecule has 1 unspecified atom stereocenters. The van der Waals surface area contributed by atoms with Gasteiger partial charge in [0.1, 0.15) is 16.7 Å². The molecule has 1 aromatic heterocycles. The summed E-state index contributed by atoms with van der Waals surface area (Å²) < 4.78 is 18.8. The Hall–Kier alpha value is -1.58. The molecule has 19 heavy (non-hydrogen) atoms. The van der Waals surface area contributed by atoms with E-state index in [0.717, 1.165) is 5.56 Å². The van der Waals surface area contributed by atoms with Gasteiger partial charge < -0.3 is 4.42 Å². The lowest BCUT2D eigenvalue weighted by molar-refractivity contribution is 0.538. The second-order valence-corrected chi connectivity index (χ2v) is 4.90. The summed E-state index contributed by atoms with van der Waals surface area (Å²) in [6.45, 7) is 0. The Morgan fingerprint density at radius 1 is 1.16 bits per heavy atom. The average Bonchev–Trinajstić information content (AvgIpc) is 2.83. The third-order valence-corrected chi connectivity index (χ3v) is 3.45. The molecule has 0 aliphatic carbocycles. The van der Waals surface area contributed by atoms with Gasteiger partial charge in [0.15, 0.2) is 5.58 Å². The SMILES string of the molecule is Fc1cc(Cl)c2oc(C(Cl)c3ccccc3)nc2c1. The van der Waals surface area contributed by atoms with Crippen LogP contribution in [0.15, 0.2) is 46.9 Å². The largest absolute Gasteiger partial charge is 0.437 e. The summed E-state index contributed by atoms with van der Waals surface area (Å²) in [5.74, 6) is -0.154. The summed E-state index contributed by atoms with van der Waals surface area (Å²) in [6, 6.07) is 11.8. The molecular formula is C14H8Cl2FNO. The summed E-state index contributed by atoms with van der Waals surface area (Å²) in [4.78, 5) is 4.19. The lowest BCUT2D eigenvalue weighted by Gasteiger charge is -2.04. The van der Waals surface area contributed by atoms with Gasteiger partial charge in [-0.3, -0.25) is 0 Å². The van der Waals surface area contributed by atoms with E-state index in [4.69, 9.17) is 27.6 Å². The van der Waals surface area contributed by atoms with Crippen molar-refractivity contribution in [2.24, 2.45) is 0 Å². The highest BCUT2D eigenvalue weighted by Gasteiger charge is 2.19. The summed E-state index contributed by atoms with van der Waals surface area (Å²) >= 11 is 12.2. The molecule has 0 radical (unpaired) electrons. The molecule has 0 saturated carbocycles. The van der Waals surface area contributed by atoms with Crippen LogP contribution in [0.1, 0.15) is 16.8 Å². The van der Waals surface area contributed by atoms with Crippen LogP contribution < -0.4 is 0 Å². The fourth-order valence-corrected chi connectivity index (χ4v) is 2.33. The van der Waals surface area contributed by atoms with Crippen molar-refractivity contribution in [3.05, 3.63) is 64.8 Å². The minimum atomic E-state index is -0.535. The quantitative estimate of drug-likeness (QED) is 0.625. The van der Waals surface area contributed by atoms with Crippen molar-refractivity contribution in [1.29, 1.82) is 0 Å². The molecule has 96 valence electrons. The van der Waals surface area contributed by atoms with Crippen molar-refractivity contribution in [2.75, 3.05) is 0 Å². The number of halogens is 3. The molecular weight excluding hydrogens is 288 g/mol. The summed E-state index contributed by atoms with van der Waals surface area (Å²) in [5, 5.41) is -0.349. The van der Waals surface area contributed by atoms with E-state index in [0.29, 0.717) is 17.0 Å². The summed E-state index contributed by atoms with van der Waals surface area (Å²) in [7, 11) is 0. The normalized spacial score (nSPS) is 12.8. The number of alkyl halides is 1. The highest BCUT2D eigenvalue weighted by atomic mass is 35.5. The van der Waals surface area contributed by atoms with Gasteiger partial charge in [0.2, 0.25) is 5.89 Å². The zero-order chi connectivity index (χ0) is 13.4. The van der Waals surface area contributed by atoms with E-state index < -0.39 is 11.2 Å². The van der Waals surface area contributed by atoms with E-state index in [1.807, 2.05) is 30.3 Å². The third kappa shape index (κ3) is 2.31. The molecule has 1 heterocycles. The third-order valence-electron chi connectivity index (χ3n) is 2.74. The Morgan fingerprint density at radius 2 is 1.89 bits per heavy atom. The van der Waals surface area contributed by atoms with Gasteiger partial charge >= 0.3 is 0 Å². The Morgan fingerprint density at radius 3 is 2.63 bits per heavy atom. The Labute approximate surface area is 118 Å². The van der Waals surface area contributed by atoms with Crippen molar-refractivity contribution in [1.82, 2.24) is 4.98 Å². The van der Waals surface area contributed by atoms with Crippen LogP contribution in [-0.4, -0.2) is 4.98 Å². The van der Waals surface area contributed by atoms with Gasteiger partial charge in [-0.05, 0) is 11.6 Å². The van der Waals surface area contributed by atoms with Crippen LogP contribution in [-0.2, 0) is 0 Å². The first kappa shape index (κ1) is 12.5. The van der Waals surface area contributed by atoms with E-state index >= 15 is 0 Å². The van der Waals surface area contributed by atoms with Gasteiger partial charge in [-0.1, -0.05) is 41.9 Å². The lowest BCUT2D eigenvalue weighted by atomic mass is 10.1. The molecule has 3 rings (SSSR count). The molecule has 0 aliphatic rings. The molecule has 0 saturated heterocycles. The monoisotopic (exact) mass is 295 g/mol. The van der Waals surface area contributed by atoms with Crippen molar-refractivity contribution in [3.8, 4) is 0 Å². The van der Waals surface area contributed by atoms with Crippen LogP contribution in [0.3, 0.4) is 0 Å². The number of fused-ring (bicyclic) bond motifs is 1. The second-order valence-electron chi connectivity index (χ2n) is 4.06. The molecule has 0 amide bonds. The topological polar surface area (TPSA) is 26.0 Å². The minimum absolute atomic E-state index is 0.186. The first-order valence-corrected chi connectivity index (χ1v) is 6.41. The van der Waals surface area contributed by atoms with E-state index in [-0.39, 0.29) is 5.02 Å². The van der Waals surface area contributed by atoms with E-state index in [2.05, 4.69) is 4.98 Å². The van der Waals surface area contributed by atoms with Crippen molar-refractivity contribution < 1.29 is 8.81 Å². The van der Waals surface area contributed by atoms with E-state index in [1.54, 1.807) is 0 Å². The summed E-state index contributed by atoms with van der Waals surface area (Å²) in [6.07, 6.45) is 0. The Kier molecular flexibility index (Phi) is 3.17. The highest BCUT2D eigenvalue weighted by molar-refractivity contribution is 6.34. The van der Waals surface area contributed by atoms with E-state index in [9.17, 15) is 4.39 Å². The first-order chi connectivity index (χ1) is 9.15. The molecule has 5 heteroatoms. The van der Waals surface area contributed by atoms with Crippen LogP contribution in [0.25, 0.3) is 11.1 Å². The number of oxazole rings is 1. The van der Waals surface area contributed by atoms with Crippen molar-refractivity contribution in [2.45, 2.75) is 5.38 Å². The number of aromatic nitrogens is 1. The Bertz CT molecular complexity index is 727. The molecule has 0 aliphatic heterocycles. The van der Waals surface area contributed by atoms with Crippen LogP contribution in [0.2, 0.25) is 5.02 Å². The van der Waals surface area contributed by atoms with Crippen molar-refractivity contribution in [3.63, 3.8) is 0 Å². The smallest absolute Gasteiger partial charge is 0.218 e. The fourth-order valence-electron chi connectivity index (χ4n) is 1.85. The maximum Gasteiger partial charge on any atom is 0.218 e. The zero-order valence-electron chi connectivity index (χ0n) is 9.61. The van der Waals surface area contributed by atoms with Gasteiger partial charge in [0.25, 0.3) is 0 Å². The molecule has 0 fully saturated rings. The average molecular weight is 296 g/mol. The molecule has 2 aromatic carbocycles. The number of hydrogen-bond acceptors (Lipinski definition) is 2. The number of hydrogen-bond donors (Lipinski definition) is 0. The molecule has 3 aromatic rings. The zero-order valence-corrected chi connectivity index (χ0v) is 11.1. The van der Waals surface area contributed by atoms with Crippen LogP contribution in [0, 0.1) is 5.82 Å². The maximum atomic E-state index is 13.2. The molecule has 1 atom stereocenters. The molecule has 0 spiro atoms. The van der Waals surface area contributed by atoms with Crippen LogP contribution >= 0.6 is 23.2 Å². The van der Waals surface area contributed by atoms with Crippen LogP contribution in [0.4, 0.5) is 4.39 Å². The minimum Gasteiger partial charge on any atom is -0.437 e. The van der Waals surface area contributed by atoms with Crippen molar-refractivity contribution >= 4 is 34.3 Å². The predicted octanol–water partition coefficient (Wildman–Crippen LogP) is 4.95. The summed E-state index contributed by atoms with van der Waals surface area (Å²) in [5.41, 5.74) is 1.56.